The van der Waals surface area contributed by atoms with Crippen LogP contribution in [0.2, 0.25) is 0 Å². The lowest BCUT2D eigenvalue weighted by atomic mass is 9.76. The van der Waals surface area contributed by atoms with Crippen molar-refractivity contribution in [1.29, 1.82) is 0 Å². The molecule has 0 aliphatic heterocycles. The second-order valence-electron chi connectivity index (χ2n) is 4.08. The lowest BCUT2D eigenvalue weighted by molar-refractivity contribution is -0.108. The average molecular weight is 166 g/mol. The first-order valence-corrected chi connectivity index (χ1v) is 4.77. The van der Waals surface area contributed by atoms with E-state index in [1.165, 1.54) is 12.0 Å². The Kier molecular flexibility index (Phi) is 3.07. The van der Waals surface area contributed by atoms with Crippen LogP contribution in [0, 0.1) is 17.8 Å². The fourth-order valence-electron chi connectivity index (χ4n) is 1.96. The van der Waals surface area contributed by atoms with E-state index in [-0.39, 0.29) is 0 Å². The van der Waals surface area contributed by atoms with Crippen molar-refractivity contribution >= 4 is 6.29 Å². The van der Waals surface area contributed by atoms with E-state index in [1.807, 2.05) is 0 Å². The van der Waals surface area contributed by atoms with Crippen molar-refractivity contribution in [3.63, 3.8) is 0 Å². The van der Waals surface area contributed by atoms with Gasteiger partial charge >= 0.3 is 0 Å². The zero-order valence-corrected chi connectivity index (χ0v) is 8.21. The van der Waals surface area contributed by atoms with E-state index in [0.29, 0.717) is 18.3 Å². The van der Waals surface area contributed by atoms with Crippen LogP contribution in [0.5, 0.6) is 0 Å². The minimum atomic E-state index is 0.522. The predicted molar refractivity (Wildman–Crippen MR) is 50.9 cm³/mol. The molecule has 0 amide bonds. The van der Waals surface area contributed by atoms with Gasteiger partial charge in [-0.25, -0.2) is 0 Å². The van der Waals surface area contributed by atoms with Crippen LogP contribution >= 0.6 is 0 Å². The minimum Gasteiger partial charge on any atom is -0.303 e. The largest absolute Gasteiger partial charge is 0.303 e. The van der Waals surface area contributed by atoms with Gasteiger partial charge in [-0.05, 0) is 31.1 Å². The Hall–Kier alpha value is -0.590. The molecule has 1 aliphatic carbocycles. The Morgan fingerprint density at radius 1 is 1.58 bits per heavy atom. The summed E-state index contributed by atoms with van der Waals surface area (Å²) in [6.07, 6.45) is 5.26. The van der Waals surface area contributed by atoms with Crippen LogP contribution in [0.1, 0.15) is 33.6 Å². The average Bonchev–Trinajstić information content (AvgIpc) is 2.01. The zero-order valence-electron chi connectivity index (χ0n) is 8.21. The number of carbonyl (C=O) groups is 1. The highest BCUT2D eigenvalue weighted by atomic mass is 16.1. The van der Waals surface area contributed by atoms with Crippen LogP contribution in [0.4, 0.5) is 0 Å². The first-order valence-electron chi connectivity index (χ1n) is 4.77. The van der Waals surface area contributed by atoms with Crippen molar-refractivity contribution < 1.29 is 4.79 Å². The first kappa shape index (κ1) is 9.50. The second kappa shape index (κ2) is 3.88. The van der Waals surface area contributed by atoms with Crippen molar-refractivity contribution in [3.05, 3.63) is 11.6 Å². The van der Waals surface area contributed by atoms with Gasteiger partial charge in [0.15, 0.2) is 0 Å². The van der Waals surface area contributed by atoms with E-state index < -0.39 is 0 Å². The summed E-state index contributed by atoms with van der Waals surface area (Å²) in [5.74, 6) is 1.94. The van der Waals surface area contributed by atoms with E-state index in [9.17, 15) is 4.79 Å². The predicted octanol–water partition coefficient (Wildman–Crippen LogP) is 2.81. The van der Waals surface area contributed by atoms with Crippen LogP contribution in [0.15, 0.2) is 11.6 Å². The Morgan fingerprint density at radius 3 is 2.83 bits per heavy atom. The molecule has 0 aromatic heterocycles. The lowest BCUT2D eigenvalue weighted by Gasteiger charge is -2.29. The summed E-state index contributed by atoms with van der Waals surface area (Å²) in [6, 6.07) is 0. The Morgan fingerprint density at radius 2 is 2.25 bits per heavy atom. The molecule has 0 radical (unpaired) electrons. The highest BCUT2D eigenvalue weighted by Crippen LogP contribution is 2.33. The number of hydrogen-bond acceptors (Lipinski definition) is 1. The molecule has 1 heteroatoms. The summed E-state index contributed by atoms with van der Waals surface area (Å²) >= 11 is 0. The number of rotatable bonds is 2. The maximum absolute atomic E-state index is 10.4. The molecule has 0 saturated heterocycles. The lowest BCUT2D eigenvalue weighted by Crippen LogP contribution is -2.19. The standard InChI is InChI=1S/C11H18O/c1-8-6-10(3)11(4-5-12)7-9(8)2/h5-6,8-9,11H,4,7H2,1-3H3/t8-,9-,11+/m0/s1. The van der Waals surface area contributed by atoms with Crippen molar-refractivity contribution in [2.24, 2.45) is 17.8 Å². The molecule has 1 aliphatic rings. The third kappa shape index (κ3) is 1.96. The molecule has 0 heterocycles. The molecule has 1 nitrogen and oxygen atoms in total. The van der Waals surface area contributed by atoms with Gasteiger partial charge in [0.2, 0.25) is 0 Å². The van der Waals surface area contributed by atoms with E-state index in [4.69, 9.17) is 0 Å². The molecule has 0 fully saturated rings. The SMILES string of the molecule is CC1=C[C@H](C)[C@@H](C)C[C@H]1CC=O. The van der Waals surface area contributed by atoms with Crippen LogP contribution in [0.25, 0.3) is 0 Å². The van der Waals surface area contributed by atoms with Gasteiger partial charge in [0.25, 0.3) is 0 Å². The number of allylic oxidation sites excluding steroid dienone is 2. The van der Waals surface area contributed by atoms with Crippen LogP contribution in [-0.2, 0) is 4.79 Å². The summed E-state index contributed by atoms with van der Waals surface area (Å²) in [5.41, 5.74) is 1.41. The zero-order chi connectivity index (χ0) is 9.14. The third-order valence-electron chi connectivity index (χ3n) is 3.10. The smallest absolute Gasteiger partial charge is 0.120 e. The molecular weight excluding hydrogens is 148 g/mol. The molecule has 0 spiro atoms. The van der Waals surface area contributed by atoms with Gasteiger partial charge < -0.3 is 4.79 Å². The van der Waals surface area contributed by atoms with Gasteiger partial charge in [0.1, 0.15) is 6.29 Å². The Labute approximate surface area is 74.9 Å². The molecule has 12 heavy (non-hydrogen) atoms. The van der Waals surface area contributed by atoms with E-state index in [1.54, 1.807) is 0 Å². The van der Waals surface area contributed by atoms with Crippen molar-refractivity contribution in [2.75, 3.05) is 0 Å². The molecular formula is C11H18O. The molecule has 68 valence electrons. The van der Waals surface area contributed by atoms with Crippen molar-refractivity contribution in [3.8, 4) is 0 Å². The van der Waals surface area contributed by atoms with Crippen molar-refractivity contribution in [1.82, 2.24) is 0 Å². The maximum atomic E-state index is 10.4. The van der Waals surface area contributed by atoms with E-state index >= 15 is 0 Å². The summed E-state index contributed by atoms with van der Waals surface area (Å²) in [7, 11) is 0. The number of hydrogen-bond donors (Lipinski definition) is 0. The van der Waals surface area contributed by atoms with Gasteiger partial charge in [0.05, 0.1) is 0 Å². The van der Waals surface area contributed by atoms with Gasteiger partial charge in [-0.1, -0.05) is 25.5 Å². The van der Waals surface area contributed by atoms with Crippen LogP contribution in [-0.4, -0.2) is 6.29 Å². The normalized spacial score (nSPS) is 35.9. The van der Waals surface area contributed by atoms with Gasteiger partial charge in [-0.2, -0.15) is 0 Å². The monoisotopic (exact) mass is 166 g/mol. The molecule has 0 bridgehead atoms. The van der Waals surface area contributed by atoms with Gasteiger partial charge in [-0.3, -0.25) is 0 Å². The van der Waals surface area contributed by atoms with Crippen molar-refractivity contribution in [2.45, 2.75) is 33.6 Å². The summed E-state index contributed by atoms with van der Waals surface area (Å²) < 4.78 is 0. The van der Waals surface area contributed by atoms with Gasteiger partial charge in [0, 0.05) is 6.42 Å². The summed E-state index contributed by atoms with van der Waals surface area (Å²) in [4.78, 5) is 10.4. The second-order valence-corrected chi connectivity index (χ2v) is 4.08. The molecule has 0 N–H and O–H groups in total. The molecule has 0 aromatic carbocycles. The molecule has 3 atom stereocenters. The quantitative estimate of drug-likeness (QED) is 0.455. The van der Waals surface area contributed by atoms with E-state index in [0.717, 1.165) is 12.2 Å². The van der Waals surface area contributed by atoms with Gasteiger partial charge in [-0.15, -0.1) is 0 Å². The fourth-order valence-corrected chi connectivity index (χ4v) is 1.96. The summed E-state index contributed by atoms with van der Waals surface area (Å²) in [5, 5.41) is 0. The fraction of sp³-hybridized carbons (Fsp3) is 0.727. The topological polar surface area (TPSA) is 17.1 Å². The molecule has 0 unspecified atom stereocenters. The number of aldehydes is 1. The number of carbonyl (C=O) groups excluding carboxylic acids is 1. The highest BCUT2D eigenvalue weighted by Gasteiger charge is 2.23. The summed E-state index contributed by atoms with van der Waals surface area (Å²) in [6.45, 7) is 6.67. The molecule has 0 aromatic rings. The molecule has 0 saturated carbocycles. The third-order valence-corrected chi connectivity index (χ3v) is 3.10. The Bertz CT molecular complexity index is 193. The van der Waals surface area contributed by atoms with Crippen LogP contribution < -0.4 is 0 Å². The maximum Gasteiger partial charge on any atom is 0.120 e. The minimum absolute atomic E-state index is 0.522. The first-order chi connectivity index (χ1) is 5.65. The van der Waals surface area contributed by atoms with Crippen LogP contribution in [0.3, 0.4) is 0 Å². The highest BCUT2D eigenvalue weighted by molar-refractivity contribution is 5.50. The van der Waals surface area contributed by atoms with E-state index in [2.05, 4.69) is 26.8 Å². The molecule has 1 rings (SSSR count). The Balaban J connectivity index is 2.67.